The van der Waals surface area contributed by atoms with Crippen molar-refractivity contribution < 1.29 is 10.0 Å². The van der Waals surface area contributed by atoms with Crippen molar-refractivity contribution in [3.63, 3.8) is 0 Å². The maximum atomic E-state index is 12.2. The molecule has 114 valence electrons. The summed E-state index contributed by atoms with van der Waals surface area (Å²) in [5.41, 5.74) is 6.66. The minimum Gasteiger partial charge on any atom is -0.409 e. The molecule has 1 aromatic rings. The summed E-state index contributed by atoms with van der Waals surface area (Å²) >= 11 is 0. The first kappa shape index (κ1) is 15.3. The number of carbonyl (C=O) groups excluding carboxylic acids is 1. The molecule has 1 aromatic carbocycles. The van der Waals surface area contributed by atoms with Crippen LogP contribution in [-0.4, -0.2) is 47.5 Å². The van der Waals surface area contributed by atoms with Crippen molar-refractivity contribution in [3.8, 4) is 0 Å². The van der Waals surface area contributed by atoms with Crippen LogP contribution in [0.1, 0.15) is 35.7 Å². The first-order chi connectivity index (χ1) is 10.1. The third-order valence-electron chi connectivity index (χ3n) is 3.84. The van der Waals surface area contributed by atoms with Crippen LogP contribution in [0.15, 0.2) is 29.4 Å². The highest BCUT2D eigenvalue weighted by Crippen LogP contribution is 2.11. The summed E-state index contributed by atoms with van der Waals surface area (Å²) < 4.78 is 0. The van der Waals surface area contributed by atoms with Gasteiger partial charge < -0.3 is 21.2 Å². The molecule has 0 radical (unpaired) electrons. The van der Waals surface area contributed by atoms with Crippen LogP contribution < -0.4 is 11.1 Å². The van der Waals surface area contributed by atoms with Gasteiger partial charge in [0, 0.05) is 23.7 Å². The molecule has 1 aliphatic heterocycles. The standard InChI is InChI=1S/C15H22N4O2/c1-2-19-9-3-4-13(10-19)17-15(20)12-7-5-11(6-8-12)14(16)18-21/h5-8,13,21H,2-4,9-10H2,1H3,(H2,16,18)(H,17,20). The van der Waals surface area contributed by atoms with Crippen LogP contribution >= 0.6 is 0 Å². The Morgan fingerprint density at radius 3 is 2.71 bits per heavy atom. The highest BCUT2D eigenvalue weighted by Gasteiger charge is 2.20. The zero-order valence-electron chi connectivity index (χ0n) is 12.2. The van der Waals surface area contributed by atoms with Crippen LogP contribution in [-0.2, 0) is 0 Å². The molecule has 0 aliphatic carbocycles. The number of nitrogens with one attached hydrogen (secondary N) is 1. The van der Waals surface area contributed by atoms with E-state index in [4.69, 9.17) is 10.9 Å². The Kier molecular flexibility index (Phi) is 5.16. The predicted molar refractivity (Wildman–Crippen MR) is 81.6 cm³/mol. The molecule has 1 fully saturated rings. The number of amidine groups is 1. The second-order valence-electron chi connectivity index (χ2n) is 5.27. The first-order valence-electron chi connectivity index (χ1n) is 7.25. The molecule has 6 nitrogen and oxygen atoms in total. The zero-order chi connectivity index (χ0) is 15.2. The third kappa shape index (κ3) is 3.95. The number of likely N-dealkylation sites (N-methyl/N-ethyl adjacent to an activating group) is 1. The Balaban J connectivity index is 1.97. The minimum atomic E-state index is -0.0796. The van der Waals surface area contributed by atoms with Crippen molar-refractivity contribution in [1.29, 1.82) is 0 Å². The molecule has 1 atom stereocenters. The average molecular weight is 290 g/mol. The van der Waals surface area contributed by atoms with Crippen molar-refractivity contribution in [1.82, 2.24) is 10.2 Å². The maximum Gasteiger partial charge on any atom is 0.251 e. The lowest BCUT2D eigenvalue weighted by molar-refractivity contribution is 0.0906. The summed E-state index contributed by atoms with van der Waals surface area (Å²) in [5, 5.41) is 14.6. The SMILES string of the molecule is CCN1CCCC(NC(=O)c2ccc(C(N)=NO)cc2)C1. The van der Waals surface area contributed by atoms with Gasteiger partial charge in [0.15, 0.2) is 5.84 Å². The van der Waals surface area contributed by atoms with E-state index in [1.165, 1.54) is 0 Å². The molecular formula is C15H22N4O2. The lowest BCUT2D eigenvalue weighted by atomic mass is 10.0. The average Bonchev–Trinajstić information content (AvgIpc) is 2.54. The minimum absolute atomic E-state index is 0.0350. The van der Waals surface area contributed by atoms with Gasteiger partial charge in [0.25, 0.3) is 5.91 Å². The Bertz CT molecular complexity index is 513. The Morgan fingerprint density at radius 2 is 2.10 bits per heavy atom. The molecule has 6 heteroatoms. The highest BCUT2D eigenvalue weighted by atomic mass is 16.4. The molecule has 4 N–H and O–H groups in total. The van der Waals surface area contributed by atoms with Crippen molar-refractivity contribution in [3.05, 3.63) is 35.4 Å². The molecule has 0 aromatic heterocycles. The van der Waals surface area contributed by atoms with Gasteiger partial charge >= 0.3 is 0 Å². The molecule has 0 spiro atoms. The van der Waals surface area contributed by atoms with E-state index < -0.39 is 0 Å². The van der Waals surface area contributed by atoms with Gasteiger partial charge in [-0.2, -0.15) is 0 Å². The van der Waals surface area contributed by atoms with Crippen LogP contribution in [0.4, 0.5) is 0 Å². The lowest BCUT2D eigenvalue weighted by Gasteiger charge is -2.32. The summed E-state index contributed by atoms with van der Waals surface area (Å²) in [7, 11) is 0. The summed E-state index contributed by atoms with van der Waals surface area (Å²) in [6.07, 6.45) is 2.13. The predicted octanol–water partition coefficient (Wildman–Crippen LogP) is 0.995. The Labute approximate surface area is 124 Å². The first-order valence-corrected chi connectivity index (χ1v) is 7.25. The van der Waals surface area contributed by atoms with E-state index in [1.807, 2.05) is 0 Å². The van der Waals surface area contributed by atoms with Crippen LogP contribution in [0.5, 0.6) is 0 Å². The maximum absolute atomic E-state index is 12.2. The molecule has 1 aliphatic rings. The van der Waals surface area contributed by atoms with Gasteiger partial charge in [0.05, 0.1) is 0 Å². The number of amides is 1. The smallest absolute Gasteiger partial charge is 0.251 e. The molecule has 21 heavy (non-hydrogen) atoms. The summed E-state index contributed by atoms with van der Waals surface area (Å²) in [6, 6.07) is 6.91. The van der Waals surface area contributed by atoms with Gasteiger partial charge in [-0.05, 0) is 38.1 Å². The van der Waals surface area contributed by atoms with Crippen molar-refractivity contribution in [2.45, 2.75) is 25.8 Å². The molecule has 1 saturated heterocycles. The fourth-order valence-electron chi connectivity index (χ4n) is 2.58. The van der Waals surface area contributed by atoms with Gasteiger partial charge in [-0.1, -0.05) is 24.2 Å². The Morgan fingerprint density at radius 1 is 1.43 bits per heavy atom. The van der Waals surface area contributed by atoms with E-state index >= 15 is 0 Å². The number of nitrogens with zero attached hydrogens (tertiary/aromatic N) is 2. The summed E-state index contributed by atoms with van der Waals surface area (Å²) in [6.45, 7) is 5.17. The molecule has 0 saturated carbocycles. The van der Waals surface area contributed by atoms with Crippen molar-refractivity contribution in [2.75, 3.05) is 19.6 Å². The van der Waals surface area contributed by atoms with Gasteiger partial charge in [-0.3, -0.25) is 4.79 Å². The van der Waals surface area contributed by atoms with Crippen LogP contribution in [0.2, 0.25) is 0 Å². The van der Waals surface area contributed by atoms with E-state index in [0.717, 1.165) is 32.5 Å². The Hall–Kier alpha value is -2.08. The van der Waals surface area contributed by atoms with Crippen molar-refractivity contribution >= 4 is 11.7 Å². The number of hydrogen-bond acceptors (Lipinski definition) is 4. The van der Waals surface area contributed by atoms with E-state index in [0.29, 0.717) is 11.1 Å². The second kappa shape index (κ2) is 7.08. The van der Waals surface area contributed by atoms with E-state index in [1.54, 1.807) is 24.3 Å². The molecular weight excluding hydrogens is 268 g/mol. The molecule has 1 unspecified atom stereocenters. The van der Waals surface area contributed by atoms with Crippen LogP contribution in [0.25, 0.3) is 0 Å². The van der Waals surface area contributed by atoms with Crippen LogP contribution in [0.3, 0.4) is 0 Å². The number of oxime groups is 1. The second-order valence-corrected chi connectivity index (χ2v) is 5.27. The quantitative estimate of drug-likeness (QED) is 0.334. The number of carbonyl (C=O) groups is 1. The monoisotopic (exact) mass is 290 g/mol. The summed E-state index contributed by atoms with van der Waals surface area (Å²) in [5.74, 6) is -0.0446. The third-order valence-corrected chi connectivity index (χ3v) is 3.84. The highest BCUT2D eigenvalue weighted by molar-refractivity contribution is 5.99. The topological polar surface area (TPSA) is 91.0 Å². The molecule has 2 rings (SSSR count). The lowest BCUT2D eigenvalue weighted by Crippen LogP contribution is -2.47. The zero-order valence-corrected chi connectivity index (χ0v) is 12.2. The van der Waals surface area contributed by atoms with Gasteiger partial charge in [0.1, 0.15) is 0 Å². The van der Waals surface area contributed by atoms with Gasteiger partial charge in [-0.15, -0.1) is 0 Å². The normalized spacial score (nSPS) is 20.2. The molecule has 1 heterocycles. The van der Waals surface area contributed by atoms with E-state index in [9.17, 15) is 4.79 Å². The number of rotatable bonds is 4. The fraction of sp³-hybridized carbons (Fsp3) is 0.467. The number of likely N-dealkylation sites (tertiary alicyclic amines) is 1. The summed E-state index contributed by atoms with van der Waals surface area (Å²) in [4.78, 5) is 14.6. The van der Waals surface area contributed by atoms with E-state index in [2.05, 4.69) is 22.3 Å². The van der Waals surface area contributed by atoms with Crippen molar-refractivity contribution in [2.24, 2.45) is 10.9 Å². The van der Waals surface area contributed by atoms with Gasteiger partial charge in [-0.25, -0.2) is 0 Å². The molecule has 0 bridgehead atoms. The number of piperidine rings is 1. The molecule has 1 amide bonds. The number of benzene rings is 1. The van der Waals surface area contributed by atoms with Crippen LogP contribution in [0, 0.1) is 0 Å². The number of hydrogen-bond donors (Lipinski definition) is 3. The number of nitrogens with two attached hydrogens (primary N) is 1. The van der Waals surface area contributed by atoms with Gasteiger partial charge in [0.2, 0.25) is 0 Å². The largest absolute Gasteiger partial charge is 0.409 e. The van der Waals surface area contributed by atoms with E-state index in [-0.39, 0.29) is 17.8 Å². The fourth-order valence-corrected chi connectivity index (χ4v) is 2.58.